The van der Waals surface area contributed by atoms with Crippen LogP contribution in [-0.2, 0) is 6.42 Å². The lowest BCUT2D eigenvalue weighted by molar-refractivity contribution is 0.0789. The predicted molar refractivity (Wildman–Crippen MR) is 152 cm³/mol. The maximum absolute atomic E-state index is 14.3. The number of aromatic nitrogens is 6. The molecule has 1 atom stereocenters. The van der Waals surface area contributed by atoms with E-state index in [4.69, 9.17) is 9.40 Å². The van der Waals surface area contributed by atoms with Gasteiger partial charge in [0.25, 0.3) is 5.91 Å². The van der Waals surface area contributed by atoms with Crippen molar-refractivity contribution in [3.63, 3.8) is 0 Å². The van der Waals surface area contributed by atoms with E-state index in [-0.39, 0.29) is 23.7 Å². The van der Waals surface area contributed by atoms with Gasteiger partial charge in [-0.3, -0.25) is 4.79 Å². The van der Waals surface area contributed by atoms with E-state index in [0.717, 1.165) is 39.1 Å². The number of carbonyl (C=O) groups is 1. The molecular weight excluding hydrogens is 577 g/mol. The van der Waals surface area contributed by atoms with Crippen molar-refractivity contribution in [1.29, 1.82) is 0 Å². The summed E-state index contributed by atoms with van der Waals surface area (Å²) < 4.78 is 24.1. The molecule has 1 unspecified atom stereocenters. The lowest BCUT2D eigenvalue weighted by Gasteiger charge is -2.18. The van der Waals surface area contributed by atoms with E-state index in [2.05, 4.69) is 31.3 Å². The zero-order valence-electron chi connectivity index (χ0n) is 22.7. The van der Waals surface area contributed by atoms with Crippen molar-refractivity contribution in [2.24, 2.45) is 5.92 Å². The van der Waals surface area contributed by atoms with Gasteiger partial charge in [-0.1, -0.05) is 21.1 Å². The highest BCUT2D eigenvalue weighted by atomic mass is 79.9. The molecule has 1 saturated heterocycles. The summed E-state index contributed by atoms with van der Waals surface area (Å²) in [6, 6.07) is 8.60. The molecule has 1 aliphatic rings. The molecule has 9 nitrogen and oxygen atoms in total. The van der Waals surface area contributed by atoms with Crippen LogP contribution >= 0.6 is 15.9 Å². The second-order valence-corrected chi connectivity index (χ2v) is 11.6. The van der Waals surface area contributed by atoms with Crippen LogP contribution < -0.4 is 0 Å². The summed E-state index contributed by atoms with van der Waals surface area (Å²) in [4.78, 5) is 20.7. The Morgan fingerprint density at radius 2 is 2.05 bits per heavy atom. The molecule has 0 N–H and O–H groups in total. The third-order valence-electron chi connectivity index (χ3n) is 7.37. The molecule has 0 aliphatic carbocycles. The first-order valence-corrected chi connectivity index (χ1v) is 14.1. The van der Waals surface area contributed by atoms with E-state index in [0.29, 0.717) is 42.1 Å². The average molecular weight is 606 g/mol. The number of nitrogens with zero attached hydrogens (tertiary/aromatic N) is 7. The molecule has 6 rings (SSSR count). The number of likely N-dealkylation sites (tertiary alicyclic amines) is 1. The van der Waals surface area contributed by atoms with Crippen molar-refractivity contribution >= 4 is 32.9 Å². The number of hydrogen-bond donors (Lipinski definition) is 0. The number of pyridine rings is 1. The van der Waals surface area contributed by atoms with Gasteiger partial charge in [-0.25, -0.2) is 18.7 Å². The summed E-state index contributed by atoms with van der Waals surface area (Å²) in [6.45, 7) is 9.13. The topological polar surface area (TPSA) is 94.9 Å². The molecule has 1 aromatic carbocycles. The largest absolute Gasteiger partial charge is 0.466 e. The second-order valence-electron chi connectivity index (χ2n) is 10.7. The van der Waals surface area contributed by atoms with Gasteiger partial charge < -0.3 is 9.32 Å². The van der Waals surface area contributed by atoms with Gasteiger partial charge >= 0.3 is 0 Å². The maximum Gasteiger partial charge on any atom is 0.254 e. The zero-order valence-corrected chi connectivity index (χ0v) is 24.3. The van der Waals surface area contributed by atoms with E-state index in [1.165, 1.54) is 10.7 Å². The number of furan rings is 1. The molecule has 5 heterocycles. The first-order valence-electron chi connectivity index (χ1n) is 13.3. The Labute approximate surface area is 239 Å². The van der Waals surface area contributed by atoms with E-state index in [9.17, 15) is 9.18 Å². The van der Waals surface area contributed by atoms with Gasteiger partial charge in [-0.2, -0.15) is 5.10 Å². The van der Waals surface area contributed by atoms with Crippen LogP contribution in [0, 0.1) is 25.6 Å². The van der Waals surface area contributed by atoms with Crippen molar-refractivity contribution < 1.29 is 13.6 Å². The molecule has 0 radical (unpaired) electrons. The van der Waals surface area contributed by atoms with Gasteiger partial charge in [0.15, 0.2) is 5.65 Å². The average Bonchev–Trinajstić information content (AvgIpc) is 3.71. The molecule has 1 aliphatic heterocycles. The summed E-state index contributed by atoms with van der Waals surface area (Å²) in [5.41, 5.74) is 3.92. The predicted octanol–water partition coefficient (Wildman–Crippen LogP) is 6.08. The van der Waals surface area contributed by atoms with Crippen LogP contribution in [0.15, 0.2) is 51.6 Å². The number of amides is 1. The summed E-state index contributed by atoms with van der Waals surface area (Å²) in [5, 5.41) is 13.7. The van der Waals surface area contributed by atoms with Crippen molar-refractivity contribution in [1.82, 2.24) is 34.7 Å². The summed E-state index contributed by atoms with van der Waals surface area (Å²) in [7, 11) is 0. The van der Waals surface area contributed by atoms with Crippen LogP contribution in [0.1, 0.15) is 53.9 Å². The van der Waals surface area contributed by atoms with Gasteiger partial charge in [0.1, 0.15) is 23.0 Å². The number of hydrogen-bond acceptors (Lipinski definition) is 6. The molecule has 0 spiro atoms. The molecule has 1 amide bonds. The number of rotatable bonds is 6. The summed E-state index contributed by atoms with van der Waals surface area (Å²) in [5.74, 6) is 1.35. The Morgan fingerprint density at radius 1 is 1.23 bits per heavy atom. The van der Waals surface area contributed by atoms with Crippen molar-refractivity contribution in [3.8, 4) is 16.9 Å². The Hall–Kier alpha value is -3.86. The van der Waals surface area contributed by atoms with Gasteiger partial charge in [0.2, 0.25) is 0 Å². The molecule has 1 fully saturated rings. The Bertz CT molecular complexity index is 1740. The standard InChI is InChI=1S/C29H29BrFN7O2/c1-16(2)38-28-24(13-32-38)23(12-26(33-28)22-9-17(3)40-18(22)4)29(39)36-8-7-19(14-36)10-21-15-37(35-34-21)27-11-20(30)5-6-25(27)31/h5-6,9,11-13,15-16,19H,7-8,10,14H2,1-4H3. The van der Waals surface area contributed by atoms with Crippen LogP contribution in [0.5, 0.6) is 0 Å². The minimum Gasteiger partial charge on any atom is -0.466 e. The Balaban J connectivity index is 1.25. The first kappa shape index (κ1) is 26.4. The van der Waals surface area contributed by atoms with Crippen LogP contribution in [-0.4, -0.2) is 53.7 Å². The van der Waals surface area contributed by atoms with Gasteiger partial charge in [0.05, 0.1) is 34.7 Å². The molecule has 0 bridgehead atoms. The van der Waals surface area contributed by atoms with Gasteiger partial charge in [-0.05, 0) is 76.8 Å². The zero-order chi connectivity index (χ0) is 28.1. The fraction of sp³-hybridized carbons (Fsp3) is 0.345. The third kappa shape index (κ3) is 4.83. The molecule has 4 aromatic heterocycles. The molecule has 40 heavy (non-hydrogen) atoms. The number of aryl methyl sites for hydroxylation is 2. The van der Waals surface area contributed by atoms with Crippen LogP contribution in [0.4, 0.5) is 4.39 Å². The number of carbonyl (C=O) groups excluding carboxylic acids is 1. The summed E-state index contributed by atoms with van der Waals surface area (Å²) >= 11 is 3.38. The Morgan fingerprint density at radius 3 is 2.80 bits per heavy atom. The van der Waals surface area contributed by atoms with Crippen molar-refractivity contribution in [3.05, 3.63) is 75.8 Å². The molecule has 11 heteroatoms. The van der Waals surface area contributed by atoms with Gasteiger partial charge in [-0.15, -0.1) is 5.10 Å². The fourth-order valence-corrected chi connectivity index (χ4v) is 5.77. The SMILES string of the molecule is Cc1cc(-c2cc(C(=O)N3CCC(Cc4cn(-c5cc(Br)ccc5F)nn4)C3)c3cnn(C(C)C)c3n2)c(C)o1. The lowest BCUT2D eigenvalue weighted by atomic mass is 10.0. The van der Waals surface area contributed by atoms with E-state index in [1.807, 2.05) is 49.4 Å². The highest BCUT2D eigenvalue weighted by molar-refractivity contribution is 9.10. The molecule has 0 saturated carbocycles. The molecule has 5 aromatic rings. The number of halogens is 2. The number of benzene rings is 1. The van der Waals surface area contributed by atoms with Crippen molar-refractivity contribution in [2.45, 2.75) is 46.6 Å². The first-order chi connectivity index (χ1) is 19.2. The lowest BCUT2D eigenvalue weighted by Crippen LogP contribution is -2.29. The van der Waals surface area contributed by atoms with Crippen LogP contribution in [0.25, 0.3) is 28.0 Å². The normalized spacial score (nSPS) is 15.6. The summed E-state index contributed by atoms with van der Waals surface area (Å²) in [6.07, 6.45) is 4.98. The second kappa shape index (κ2) is 10.3. The van der Waals surface area contributed by atoms with E-state index < -0.39 is 0 Å². The van der Waals surface area contributed by atoms with Crippen LogP contribution in [0.3, 0.4) is 0 Å². The fourth-order valence-electron chi connectivity index (χ4n) is 5.42. The van der Waals surface area contributed by atoms with Crippen LogP contribution in [0.2, 0.25) is 0 Å². The molecular formula is C29H29BrFN7O2. The number of fused-ring (bicyclic) bond motifs is 1. The smallest absolute Gasteiger partial charge is 0.254 e. The highest BCUT2D eigenvalue weighted by Gasteiger charge is 2.30. The molecule has 206 valence electrons. The van der Waals surface area contributed by atoms with Crippen molar-refractivity contribution in [2.75, 3.05) is 13.1 Å². The van der Waals surface area contributed by atoms with E-state index in [1.54, 1.807) is 24.5 Å². The monoisotopic (exact) mass is 605 g/mol. The van der Waals surface area contributed by atoms with Gasteiger partial charge in [0, 0.05) is 29.2 Å². The minimum absolute atomic E-state index is 0.0443. The highest BCUT2D eigenvalue weighted by Crippen LogP contribution is 2.32. The Kier molecular flexibility index (Phi) is 6.77. The van der Waals surface area contributed by atoms with E-state index >= 15 is 0 Å². The maximum atomic E-state index is 14.3. The minimum atomic E-state index is -0.373. The quantitative estimate of drug-likeness (QED) is 0.233. The third-order valence-corrected chi connectivity index (χ3v) is 7.86.